The summed E-state index contributed by atoms with van der Waals surface area (Å²) >= 11 is 0. The van der Waals surface area contributed by atoms with Crippen LogP contribution in [0.4, 0.5) is 13.2 Å². The zero-order chi connectivity index (χ0) is 18.7. The number of nitrogens with two attached hydrogens (primary N) is 1. The van der Waals surface area contributed by atoms with Crippen molar-refractivity contribution in [1.82, 2.24) is 4.90 Å². The Morgan fingerprint density at radius 1 is 1.12 bits per heavy atom. The third-order valence-corrected chi connectivity index (χ3v) is 4.22. The van der Waals surface area contributed by atoms with Gasteiger partial charge in [0.2, 0.25) is 0 Å². The van der Waals surface area contributed by atoms with Crippen LogP contribution in [-0.4, -0.2) is 29.9 Å². The minimum Gasteiger partial charge on any atom is -0.457 e. The molecule has 1 amide bonds. The van der Waals surface area contributed by atoms with Gasteiger partial charge in [-0.2, -0.15) is 13.2 Å². The summed E-state index contributed by atoms with van der Waals surface area (Å²) in [5.41, 5.74) is 5.54. The van der Waals surface area contributed by atoms with Crippen molar-refractivity contribution in [2.24, 2.45) is 5.73 Å². The number of alkyl halides is 3. The molecule has 2 aromatic carbocycles. The lowest BCUT2D eigenvalue weighted by Gasteiger charge is -2.30. The van der Waals surface area contributed by atoms with Crippen molar-refractivity contribution in [3.05, 3.63) is 59.7 Å². The van der Waals surface area contributed by atoms with Crippen molar-refractivity contribution < 1.29 is 22.7 Å². The lowest BCUT2D eigenvalue weighted by Crippen LogP contribution is -2.45. The van der Waals surface area contributed by atoms with Gasteiger partial charge in [-0.05, 0) is 49.2 Å². The van der Waals surface area contributed by atoms with Crippen LogP contribution in [0.2, 0.25) is 0 Å². The number of amides is 1. The quantitative estimate of drug-likeness (QED) is 0.894. The Balaban J connectivity index is 1.76. The first kappa shape index (κ1) is 18.3. The molecule has 1 saturated heterocycles. The van der Waals surface area contributed by atoms with E-state index in [0.717, 1.165) is 25.0 Å². The molecule has 2 N–H and O–H groups in total. The molecule has 0 spiro atoms. The van der Waals surface area contributed by atoms with Crippen LogP contribution in [0, 0.1) is 0 Å². The SMILES string of the molecule is NC1CCCN(C(=O)c2cccc(Oc3cccc(C(F)(F)F)c3)c2)C1. The van der Waals surface area contributed by atoms with Gasteiger partial charge in [-0.1, -0.05) is 12.1 Å². The van der Waals surface area contributed by atoms with Gasteiger partial charge in [0.15, 0.2) is 0 Å². The largest absolute Gasteiger partial charge is 0.457 e. The van der Waals surface area contributed by atoms with Crippen LogP contribution < -0.4 is 10.5 Å². The number of likely N-dealkylation sites (tertiary alicyclic amines) is 1. The highest BCUT2D eigenvalue weighted by Gasteiger charge is 2.30. The van der Waals surface area contributed by atoms with Crippen molar-refractivity contribution in [2.45, 2.75) is 25.1 Å². The number of benzene rings is 2. The number of hydrogen-bond donors (Lipinski definition) is 1. The van der Waals surface area contributed by atoms with Crippen LogP contribution in [0.1, 0.15) is 28.8 Å². The molecule has 26 heavy (non-hydrogen) atoms. The van der Waals surface area contributed by atoms with E-state index < -0.39 is 11.7 Å². The Hall–Kier alpha value is -2.54. The normalized spacial score (nSPS) is 17.8. The highest BCUT2D eigenvalue weighted by atomic mass is 19.4. The molecule has 0 aliphatic carbocycles. The highest BCUT2D eigenvalue weighted by Crippen LogP contribution is 2.32. The molecular weight excluding hydrogens is 345 g/mol. The van der Waals surface area contributed by atoms with Gasteiger partial charge in [0, 0.05) is 24.7 Å². The molecule has 0 aromatic heterocycles. The molecule has 1 fully saturated rings. The molecule has 1 atom stereocenters. The standard InChI is InChI=1S/C19H19F3N2O2/c20-19(21,22)14-5-2-8-17(11-14)26-16-7-1-4-13(10-16)18(25)24-9-3-6-15(23)12-24/h1-2,4-5,7-8,10-11,15H,3,6,9,12,23H2. The Morgan fingerprint density at radius 2 is 1.81 bits per heavy atom. The number of rotatable bonds is 3. The van der Waals surface area contributed by atoms with Crippen LogP contribution in [0.3, 0.4) is 0 Å². The maximum absolute atomic E-state index is 12.8. The first-order valence-electron chi connectivity index (χ1n) is 8.33. The second-order valence-electron chi connectivity index (χ2n) is 6.31. The van der Waals surface area contributed by atoms with Crippen LogP contribution in [0.5, 0.6) is 11.5 Å². The Morgan fingerprint density at radius 3 is 2.50 bits per heavy atom. The number of halogens is 3. The highest BCUT2D eigenvalue weighted by molar-refractivity contribution is 5.94. The van der Waals surface area contributed by atoms with E-state index in [4.69, 9.17) is 10.5 Å². The predicted octanol–water partition coefficient (Wildman–Crippen LogP) is 4.06. The number of piperidine rings is 1. The first-order valence-corrected chi connectivity index (χ1v) is 8.33. The molecule has 1 unspecified atom stereocenters. The lowest BCUT2D eigenvalue weighted by atomic mass is 10.1. The lowest BCUT2D eigenvalue weighted by molar-refractivity contribution is -0.137. The Bertz CT molecular complexity index is 792. The number of ether oxygens (including phenoxy) is 1. The van der Waals surface area contributed by atoms with Gasteiger partial charge in [-0.3, -0.25) is 4.79 Å². The molecule has 1 heterocycles. The van der Waals surface area contributed by atoms with Crippen LogP contribution in [-0.2, 0) is 6.18 Å². The van der Waals surface area contributed by atoms with Gasteiger partial charge in [0.05, 0.1) is 5.56 Å². The summed E-state index contributed by atoms with van der Waals surface area (Å²) in [5, 5.41) is 0. The van der Waals surface area contributed by atoms with E-state index in [0.29, 0.717) is 24.4 Å². The minimum absolute atomic E-state index is 0.0303. The summed E-state index contributed by atoms with van der Waals surface area (Å²) in [4.78, 5) is 14.3. The molecule has 0 radical (unpaired) electrons. The number of carbonyl (C=O) groups is 1. The maximum atomic E-state index is 12.8. The number of hydrogen-bond acceptors (Lipinski definition) is 3. The third kappa shape index (κ3) is 4.35. The van der Waals surface area contributed by atoms with Gasteiger partial charge in [0.25, 0.3) is 5.91 Å². The molecular formula is C19H19F3N2O2. The second-order valence-corrected chi connectivity index (χ2v) is 6.31. The smallest absolute Gasteiger partial charge is 0.416 e. The Labute approximate surface area is 149 Å². The average molecular weight is 364 g/mol. The summed E-state index contributed by atoms with van der Waals surface area (Å²) < 4.78 is 43.9. The van der Waals surface area contributed by atoms with Crippen LogP contribution in [0.15, 0.2) is 48.5 Å². The van der Waals surface area contributed by atoms with E-state index in [2.05, 4.69) is 0 Å². The van der Waals surface area contributed by atoms with E-state index >= 15 is 0 Å². The molecule has 4 nitrogen and oxygen atoms in total. The van der Waals surface area contributed by atoms with E-state index in [1.165, 1.54) is 18.2 Å². The monoisotopic (exact) mass is 364 g/mol. The number of nitrogens with zero attached hydrogens (tertiary/aromatic N) is 1. The average Bonchev–Trinajstić information content (AvgIpc) is 2.61. The topological polar surface area (TPSA) is 55.6 Å². The van der Waals surface area contributed by atoms with Crippen molar-refractivity contribution in [3.63, 3.8) is 0 Å². The third-order valence-electron chi connectivity index (χ3n) is 4.22. The number of carbonyl (C=O) groups excluding carboxylic acids is 1. The molecule has 0 bridgehead atoms. The molecule has 1 aliphatic rings. The van der Waals surface area contributed by atoms with Crippen molar-refractivity contribution in [1.29, 1.82) is 0 Å². The van der Waals surface area contributed by atoms with Gasteiger partial charge in [-0.25, -0.2) is 0 Å². The molecule has 1 aliphatic heterocycles. The summed E-state index contributed by atoms with van der Waals surface area (Å²) in [6, 6.07) is 11.0. The zero-order valence-electron chi connectivity index (χ0n) is 14.0. The van der Waals surface area contributed by atoms with Gasteiger partial charge < -0.3 is 15.4 Å². The van der Waals surface area contributed by atoms with E-state index in [1.54, 1.807) is 23.1 Å². The summed E-state index contributed by atoms with van der Waals surface area (Å²) in [5.74, 6) is 0.204. The summed E-state index contributed by atoms with van der Waals surface area (Å²) in [6.07, 6.45) is -2.69. The Kier molecular flexibility index (Phi) is 5.18. The fraction of sp³-hybridized carbons (Fsp3) is 0.316. The van der Waals surface area contributed by atoms with Crippen LogP contribution in [0.25, 0.3) is 0 Å². The van der Waals surface area contributed by atoms with E-state index in [-0.39, 0.29) is 17.7 Å². The second kappa shape index (κ2) is 7.37. The molecule has 2 aromatic rings. The summed E-state index contributed by atoms with van der Waals surface area (Å²) in [6.45, 7) is 1.14. The molecule has 7 heteroatoms. The van der Waals surface area contributed by atoms with Crippen molar-refractivity contribution in [3.8, 4) is 11.5 Å². The van der Waals surface area contributed by atoms with Crippen molar-refractivity contribution in [2.75, 3.05) is 13.1 Å². The van der Waals surface area contributed by atoms with E-state index in [1.807, 2.05) is 0 Å². The molecule has 0 saturated carbocycles. The van der Waals surface area contributed by atoms with E-state index in [9.17, 15) is 18.0 Å². The van der Waals surface area contributed by atoms with Crippen molar-refractivity contribution >= 4 is 5.91 Å². The zero-order valence-corrected chi connectivity index (χ0v) is 14.0. The van der Waals surface area contributed by atoms with Gasteiger partial charge in [0.1, 0.15) is 11.5 Å². The fourth-order valence-electron chi connectivity index (χ4n) is 2.94. The summed E-state index contributed by atoms with van der Waals surface area (Å²) in [7, 11) is 0. The fourth-order valence-corrected chi connectivity index (χ4v) is 2.94. The van der Waals surface area contributed by atoms with Gasteiger partial charge in [-0.15, -0.1) is 0 Å². The molecule has 138 valence electrons. The van der Waals surface area contributed by atoms with Gasteiger partial charge >= 0.3 is 6.18 Å². The maximum Gasteiger partial charge on any atom is 0.416 e. The van der Waals surface area contributed by atoms with Crippen LogP contribution >= 0.6 is 0 Å². The minimum atomic E-state index is -4.44. The predicted molar refractivity (Wildman–Crippen MR) is 91.1 cm³/mol. The molecule has 3 rings (SSSR count). The first-order chi connectivity index (χ1) is 12.3.